The average Bonchev–Trinajstić information content (AvgIpc) is 3.50. The van der Waals surface area contributed by atoms with Gasteiger partial charge in [0.2, 0.25) is 5.89 Å². The van der Waals surface area contributed by atoms with Crippen LogP contribution in [0.1, 0.15) is 47.9 Å². The van der Waals surface area contributed by atoms with Gasteiger partial charge in [-0.05, 0) is 61.7 Å². The van der Waals surface area contributed by atoms with Crippen molar-refractivity contribution in [2.45, 2.75) is 37.7 Å². The van der Waals surface area contributed by atoms with E-state index < -0.39 is 23.5 Å². The molecule has 186 valence electrons. The van der Waals surface area contributed by atoms with E-state index in [1.165, 1.54) is 30.5 Å². The number of halogens is 6. The van der Waals surface area contributed by atoms with E-state index in [9.17, 15) is 26.3 Å². The second-order valence-corrected chi connectivity index (χ2v) is 8.09. The molecule has 10 heteroatoms. The molecule has 0 bridgehead atoms. The Morgan fingerprint density at radius 3 is 2.46 bits per heavy atom. The molecule has 1 N–H and O–H groups in total. The lowest BCUT2D eigenvalue weighted by molar-refractivity contribution is -0.139. The van der Waals surface area contributed by atoms with Crippen LogP contribution in [0.5, 0.6) is 5.75 Å². The highest BCUT2D eigenvalue weighted by molar-refractivity contribution is 5.62. The molecule has 2 aromatic carbocycles. The van der Waals surface area contributed by atoms with Gasteiger partial charge in [-0.1, -0.05) is 24.3 Å². The molecular weight excluding hydrogens is 474 g/mol. The van der Waals surface area contributed by atoms with Crippen molar-refractivity contribution in [1.29, 1.82) is 0 Å². The van der Waals surface area contributed by atoms with Crippen LogP contribution < -0.4 is 10.1 Å². The fourth-order valence-corrected chi connectivity index (χ4v) is 3.75. The maximum Gasteiger partial charge on any atom is 0.419 e. The fourth-order valence-electron chi connectivity index (χ4n) is 3.75. The van der Waals surface area contributed by atoms with Crippen LogP contribution in [0, 0.1) is 0 Å². The highest BCUT2D eigenvalue weighted by Gasteiger charge is 2.35. The van der Waals surface area contributed by atoms with E-state index in [0.29, 0.717) is 17.1 Å². The largest absolute Gasteiger partial charge is 0.493 e. The van der Waals surface area contributed by atoms with Crippen LogP contribution in [0.3, 0.4) is 0 Å². The molecule has 1 aliphatic heterocycles. The van der Waals surface area contributed by atoms with E-state index in [1.807, 2.05) is 0 Å². The van der Waals surface area contributed by atoms with Gasteiger partial charge >= 0.3 is 12.4 Å². The predicted octanol–water partition coefficient (Wildman–Crippen LogP) is 7.29. The van der Waals surface area contributed by atoms with Crippen LogP contribution in [0.4, 0.5) is 26.3 Å². The summed E-state index contributed by atoms with van der Waals surface area (Å²) in [4.78, 5) is 4.34. The summed E-state index contributed by atoms with van der Waals surface area (Å²) in [6.45, 7) is 0.799. The van der Waals surface area contributed by atoms with E-state index in [2.05, 4.69) is 10.3 Å². The molecule has 4 nitrogen and oxygen atoms in total. The number of rotatable bonds is 7. The van der Waals surface area contributed by atoms with Crippen LogP contribution in [-0.2, 0) is 12.4 Å². The average molecular weight is 496 g/mol. The van der Waals surface area contributed by atoms with Crippen molar-refractivity contribution in [2.24, 2.45) is 0 Å². The van der Waals surface area contributed by atoms with Crippen LogP contribution in [0.15, 0.2) is 59.2 Å². The first kappa shape index (κ1) is 24.8. The molecule has 0 saturated carbocycles. The Bertz CT molecular complexity index is 1160. The van der Waals surface area contributed by atoms with Gasteiger partial charge in [-0.2, -0.15) is 26.3 Å². The molecule has 0 spiro atoms. The Kier molecular flexibility index (Phi) is 7.20. The highest BCUT2D eigenvalue weighted by atomic mass is 19.4. The zero-order valence-corrected chi connectivity index (χ0v) is 18.4. The van der Waals surface area contributed by atoms with Crippen LogP contribution in [0.25, 0.3) is 17.3 Å². The maximum absolute atomic E-state index is 13.7. The Labute approximate surface area is 197 Å². The predicted molar refractivity (Wildman–Crippen MR) is 118 cm³/mol. The first-order chi connectivity index (χ1) is 16.6. The molecule has 0 amide bonds. The van der Waals surface area contributed by atoms with E-state index >= 15 is 0 Å². The molecule has 1 fully saturated rings. The van der Waals surface area contributed by atoms with Crippen molar-refractivity contribution in [3.8, 4) is 17.0 Å². The van der Waals surface area contributed by atoms with Gasteiger partial charge in [-0.15, -0.1) is 0 Å². The third-order valence-electron chi connectivity index (χ3n) is 5.55. The van der Waals surface area contributed by atoms with Gasteiger partial charge in [0.05, 0.1) is 23.8 Å². The number of nitrogens with one attached hydrogen (secondary N) is 1. The second-order valence-electron chi connectivity index (χ2n) is 8.09. The van der Waals surface area contributed by atoms with Gasteiger partial charge in [0, 0.05) is 5.56 Å². The van der Waals surface area contributed by atoms with Gasteiger partial charge in [0.15, 0.2) is 0 Å². The number of hydrogen-bond acceptors (Lipinski definition) is 4. The topological polar surface area (TPSA) is 47.3 Å². The third kappa shape index (κ3) is 6.25. The molecule has 0 aliphatic carbocycles. The first-order valence-corrected chi connectivity index (χ1v) is 11.0. The Hall–Kier alpha value is -3.27. The number of oxazole rings is 1. The monoisotopic (exact) mass is 496 g/mol. The van der Waals surface area contributed by atoms with E-state index in [0.717, 1.165) is 37.6 Å². The molecule has 35 heavy (non-hydrogen) atoms. The molecule has 1 aromatic heterocycles. The molecular formula is C25H22F6N2O2. The lowest BCUT2D eigenvalue weighted by Gasteiger charge is -2.14. The van der Waals surface area contributed by atoms with Crippen LogP contribution in [0.2, 0.25) is 0 Å². The van der Waals surface area contributed by atoms with Crippen LogP contribution >= 0.6 is 0 Å². The number of nitrogens with zero attached hydrogens (tertiary/aromatic N) is 1. The Morgan fingerprint density at radius 1 is 1.03 bits per heavy atom. The van der Waals surface area contributed by atoms with Crippen molar-refractivity contribution in [3.63, 3.8) is 0 Å². The maximum atomic E-state index is 13.7. The molecule has 0 unspecified atom stereocenters. The molecule has 1 saturated heterocycles. The van der Waals surface area contributed by atoms with Crippen molar-refractivity contribution >= 4 is 6.08 Å². The van der Waals surface area contributed by atoms with Crippen molar-refractivity contribution in [3.05, 3.63) is 77.4 Å². The summed E-state index contributed by atoms with van der Waals surface area (Å²) in [6.07, 6.45) is -2.40. The minimum Gasteiger partial charge on any atom is -0.493 e. The Balaban J connectivity index is 1.40. The highest BCUT2D eigenvalue weighted by Crippen LogP contribution is 2.39. The van der Waals surface area contributed by atoms with Gasteiger partial charge in [-0.3, -0.25) is 0 Å². The van der Waals surface area contributed by atoms with E-state index in [1.54, 1.807) is 12.2 Å². The zero-order valence-electron chi connectivity index (χ0n) is 18.4. The molecule has 1 aliphatic rings. The van der Waals surface area contributed by atoms with E-state index in [4.69, 9.17) is 9.15 Å². The van der Waals surface area contributed by atoms with Gasteiger partial charge < -0.3 is 14.5 Å². The quantitative estimate of drug-likeness (QED) is 0.276. The lowest BCUT2D eigenvalue weighted by Crippen LogP contribution is -2.13. The summed E-state index contributed by atoms with van der Waals surface area (Å²) in [5.41, 5.74) is -0.563. The van der Waals surface area contributed by atoms with Crippen molar-refractivity contribution < 1.29 is 35.5 Å². The normalized spacial score (nSPS) is 16.8. The summed E-state index contributed by atoms with van der Waals surface area (Å²) in [7, 11) is 0. The lowest BCUT2D eigenvalue weighted by atomic mass is 10.1. The van der Waals surface area contributed by atoms with Gasteiger partial charge in [-0.25, -0.2) is 4.98 Å². The molecule has 3 aromatic rings. The number of ether oxygens (including phenoxy) is 1. The molecule has 1 atom stereocenters. The number of aromatic nitrogens is 1. The molecule has 2 heterocycles. The van der Waals surface area contributed by atoms with Crippen molar-refractivity contribution in [1.82, 2.24) is 10.3 Å². The summed E-state index contributed by atoms with van der Waals surface area (Å²) in [5, 5.41) is 3.23. The molecule has 4 rings (SSSR count). The summed E-state index contributed by atoms with van der Waals surface area (Å²) < 4.78 is 89.7. The van der Waals surface area contributed by atoms with E-state index in [-0.39, 0.29) is 30.4 Å². The minimum absolute atomic E-state index is 0.0379. The fraction of sp³-hybridized carbons (Fsp3) is 0.320. The smallest absolute Gasteiger partial charge is 0.419 e. The Morgan fingerprint density at radius 2 is 1.80 bits per heavy atom. The number of hydrogen-bond donors (Lipinski definition) is 1. The minimum atomic E-state index is -4.64. The standard InChI is InChI=1S/C25H22F6N2O2/c26-24(27,28)18-9-6-16(7-10-18)4-1-2-13-34-22-11-8-17(14-19(22)25(29,30)31)21-15-35-23(33-21)20-5-3-12-32-20/h1,4,6-11,14-15,20,32H,2-3,5,12-13H2/b4-1+/t20-/m0/s1. The SMILES string of the molecule is FC(F)(F)c1ccc(/C=C/CCOc2ccc(-c3coc([C@@H]4CCCN4)n3)cc2C(F)(F)F)cc1. The molecule has 0 radical (unpaired) electrons. The second kappa shape index (κ2) is 10.2. The van der Waals surface area contributed by atoms with Crippen molar-refractivity contribution in [2.75, 3.05) is 13.2 Å². The number of alkyl halides is 6. The van der Waals surface area contributed by atoms with Gasteiger partial charge in [0.25, 0.3) is 0 Å². The third-order valence-corrected chi connectivity index (χ3v) is 5.55. The first-order valence-electron chi connectivity index (χ1n) is 11.0. The number of benzene rings is 2. The van der Waals surface area contributed by atoms with Crippen LogP contribution in [-0.4, -0.2) is 18.1 Å². The zero-order chi connectivity index (χ0) is 25.1. The summed E-state index contributed by atoms with van der Waals surface area (Å²) in [6, 6.07) is 8.26. The van der Waals surface area contributed by atoms with Gasteiger partial charge in [0.1, 0.15) is 17.7 Å². The summed E-state index contributed by atoms with van der Waals surface area (Å²) >= 11 is 0. The summed E-state index contributed by atoms with van der Waals surface area (Å²) in [5.74, 6) is 0.136.